The van der Waals surface area contributed by atoms with Crippen molar-refractivity contribution >= 4 is 11.9 Å². The summed E-state index contributed by atoms with van der Waals surface area (Å²) >= 11 is 0. The highest BCUT2D eigenvalue weighted by molar-refractivity contribution is 5.96. The molecule has 6 heteroatoms. The molecule has 0 bridgehead atoms. The summed E-state index contributed by atoms with van der Waals surface area (Å²) < 4.78 is 15.3. The van der Waals surface area contributed by atoms with Gasteiger partial charge >= 0.3 is 5.97 Å². The fourth-order valence-corrected chi connectivity index (χ4v) is 1.73. The Morgan fingerprint density at radius 3 is 2.63 bits per heavy atom. The number of likely N-dealkylation sites (N-methyl/N-ethyl adjacent to an activating group) is 1. The molecule has 0 spiro atoms. The Balaban J connectivity index is 2.12. The molecule has 0 unspecified atom stereocenters. The third-order valence-corrected chi connectivity index (χ3v) is 2.73. The SMILES string of the molecule is COC(=O)CN(C)C(=O)c1ccc2c(c1)OCCO2. The van der Waals surface area contributed by atoms with Crippen molar-refractivity contribution in [3.05, 3.63) is 23.8 Å². The first-order chi connectivity index (χ1) is 9.11. The predicted octanol–water partition coefficient (Wildman–Crippen LogP) is 0.703. The van der Waals surface area contributed by atoms with Gasteiger partial charge in [-0.25, -0.2) is 0 Å². The quantitative estimate of drug-likeness (QED) is 0.753. The number of carbonyl (C=O) groups is 2. The van der Waals surface area contributed by atoms with Gasteiger partial charge in [0.25, 0.3) is 5.91 Å². The lowest BCUT2D eigenvalue weighted by Gasteiger charge is -2.20. The van der Waals surface area contributed by atoms with E-state index in [1.54, 1.807) is 18.2 Å². The Hall–Kier alpha value is -2.24. The van der Waals surface area contributed by atoms with E-state index in [4.69, 9.17) is 9.47 Å². The fourth-order valence-electron chi connectivity index (χ4n) is 1.73. The van der Waals surface area contributed by atoms with Crippen LogP contribution in [0.3, 0.4) is 0 Å². The molecule has 1 aromatic rings. The molecule has 0 N–H and O–H groups in total. The molecule has 0 atom stereocenters. The minimum atomic E-state index is -0.464. The molecule has 19 heavy (non-hydrogen) atoms. The summed E-state index contributed by atoms with van der Waals surface area (Å²) in [6, 6.07) is 4.95. The molecule has 0 aromatic heterocycles. The van der Waals surface area contributed by atoms with Gasteiger partial charge in [-0.05, 0) is 18.2 Å². The molecule has 0 aliphatic carbocycles. The molecule has 1 amide bonds. The Morgan fingerprint density at radius 2 is 1.95 bits per heavy atom. The molecule has 102 valence electrons. The minimum absolute atomic E-state index is 0.0935. The molecule has 1 aliphatic rings. The summed E-state index contributed by atoms with van der Waals surface area (Å²) in [5.74, 6) is 0.428. The van der Waals surface area contributed by atoms with Crippen molar-refractivity contribution < 1.29 is 23.8 Å². The maximum absolute atomic E-state index is 12.1. The number of methoxy groups -OCH3 is 1. The molecule has 1 aromatic carbocycles. The van der Waals surface area contributed by atoms with Crippen LogP contribution in [0.4, 0.5) is 0 Å². The summed E-state index contributed by atoms with van der Waals surface area (Å²) in [5.41, 5.74) is 0.440. The second-order valence-electron chi connectivity index (χ2n) is 4.10. The van der Waals surface area contributed by atoms with Gasteiger partial charge < -0.3 is 19.1 Å². The highest BCUT2D eigenvalue weighted by Crippen LogP contribution is 2.30. The topological polar surface area (TPSA) is 65.1 Å². The van der Waals surface area contributed by atoms with Crippen LogP contribution in [0.5, 0.6) is 11.5 Å². The largest absolute Gasteiger partial charge is 0.486 e. The van der Waals surface area contributed by atoms with E-state index in [-0.39, 0.29) is 12.5 Å². The lowest BCUT2D eigenvalue weighted by Crippen LogP contribution is -2.32. The Kier molecular flexibility index (Phi) is 3.89. The number of ether oxygens (including phenoxy) is 3. The molecule has 0 radical (unpaired) electrons. The van der Waals surface area contributed by atoms with E-state index in [1.807, 2.05) is 0 Å². The van der Waals surface area contributed by atoms with Gasteiger partial charge in [0.15, 0.2) is 11.5 Å². The van der Waals surface area contributed by atoms with Crippen LogP contribution in [0.25, 0.3) is 0 Å². The van der Waals surface area contributed by atoms with Gasteiger partial charge in [-0.3, -0.25) is 9.59 Å². The highest BCUT2D eigenvalue weighted by Gasteiger charge is 2.18. The first-order valence-electron chi connectivity index (χ1n) is 5.83. The van der Waals surface area contributed by atoms with Crippen molar-refractivity contribution in [1.29, 1.82) is 0 Å². The molecule has 1 heterocycles. The molecule has 0 saturated carbocycles. The summed E-state index contributed by atoms with van der Waals surface area (Å²) in [6.07, 6.45) is 0. The number of amides is 1. The average Bonchev–Trinajstić information content (AvgIpc) is 2.45. The van der Waals surface area contributed by atoms with E-state index in [0.29, 0.717) is 30.3 Å². The van der Waals surface area contributed by atoms with Crippen LogP contribution < -0.4 is 9.47 Å². The number of hydrogen-bond donors (Lipinski definition) is 0. The van der Waals surface area contributed by atoms with E-state index in [9.17, 15) is 9.59 Å². The van der Waals surface area contributed by atoms with Crippen LogP contribution in [0.15, 0.2) is 18.2 Å². The second kappa shape index (κ2) is 5.60. The summed E-state index contributed by atoms with van der Waals surface area (Å²) in [4.78, 5) is 24.5. The van der Waals surface area contributed by atoms with Gasteiger partial charge in [-0.2, -0.15) is 0 Å². The monoisotopic (exact) mass is 265 g/mol. The van der Waals surface area contributed by atoms with Crippen molar-refractivity contribution in [2.24, 2.45) is 0 Å². The highest BCUT2D eigenvalue weighted by atomic mass is 16.6. The van der Waals surface area contributed by atoms with Crippen LogP contribution in [0.2, 0.25) is 0 Å². The fraction of sp³-hybridized carbons (Fsp3) is 0.385. The zero-order valence-electron chi connectivity index (χ0n) is 10.8. The van der Waals surface area contributed by atoms with E-state index in [0.717, 1.165) is 0 Å². The van der Waals surface area contributed by atoms with Gasteiger partial charge in [0.2, 0.25) is 0 Å². The van der Waals surface area contributed by atoms with Crippen LogP contribution in [0.1, 0.15) is 10.4 Å². The van der Waals surface area contributed by atoms with Crippen LogP contribution in [-0.4, -0.2) is 50.7 Å². The van der Waals surface area contributed by atoms with Gasteiger partial charge in [0, 0.05) is 12.6 Å². The first-order valence-corrected chi connectivity index (χ1v) is 5.83. The lowest BCUT2D eigenvalue weighted by molar-refractivity contribution is -0.141. The molecule has 1 aliphatic heterocycles. The summed E-state index contributed by atoms with van der Waals surface area (Å²) in [7, 11) is 2.82. The number of esters is 1. The van der Waals surface area contributed by atoms with Crippen molar-refractivity contribution in [2.75, 3.05) is 33.9 Å². The third kappa shape index (κ3) is 2.96. The van der Waals surface area contributed by atoms with Crippen molar-refractivity contribution in [3.8, 4) is 11.5 Å². The maximum Gasteiger partial charge on any atom is 0.325 e. The maximum atomic E-state index is 12.1. The van der Waals surface area contributed by atoms with E-state index in [1.165, 1.54) is 19.1 Å². The van der Waals surface area contributed by atoms with E-state index < -0.39 is 5.97 Å². The molecular formula is C13H15NO5. The van der Waals surface area contributed by atoms with Crippen LogP contribution in [0, 0.1) is 0 Å². The zero-order chi connectivity index (χ0) is 13.8. The zero-order valence-corrected chi connectivity index (χ0v) is 10.8. The first kappa shape index (κ1) is 13.2. The van der Waals surface area contributed by atoms with Gasteiger partial charge in [-0.1, -0.05) is 0 Å². The number of hydrogen-bond acceptors (Lipinski definition) is 5. The van der Waals surface area contributed by atoms with Gasteiger partial charge in [0.05, 0.1) is 7.11 Å². The number of fused-ring (bicyclic) bond motifs is 1. The molecular weight excluding hydrogens is 250 g/mol. The average molecular weight is 265 g/mol. The summed E-state index contributed by atoms with van der Waals surface area (Å²) in [5, 5.41) is 0. The standard InChI is InChI=1S/C13H15NO5/c1-14(8-12(15)17-2)13(16)9-3-4-10-11(7-9)19-6-5-18-10/h3-4,7H,5-6,8H2,1-2H3. The minimum Gasteiger partial charge on any atom is -0.486 e. The molecule has 6 nitrogen and oxygen atoms in total. The van der Waals surface area contributed by atoms with Crippen molar-refractivity contribution in [2.45, 2.75) is 0 Å². The number of nitrogens with zero attached hydrogens (tertiary/aromatic N) is 1. The molecule has 2 rings (SSSR count). The number of benzene rings is 1. The third-order valence-electron chi connectivity index (χ3n) is 2.73. The van der Waals surface area contributed by atoms with E-state index >= 15 is 0 Å². The van der Waals surface area contributed by atoms with Gasteiger partial charge in [-0.15, -0.1) is 0 Å². The Bertz CT molecular complexity index is 500. The molecule has 0 fully saturated rings. The lowest BCUT2D eigenvalue weighted by atomic mass is 10.1. The summed E-state index contributed by atoms with van der Waals surface area (Å²) in [6.45, 7) is 0.870. The second-order valence-corrected chi connectivity index (χ2v) is 4.10. The molecule has 0 saturated heterocycles. The van der Waals surface area contributed by atoms with Crippen molar-refractivity contribution in [1.82, 2.24) is 4.90 Å². The van der Waals surface area contributed by atoms with Crippen LogP contribution >= 0.6 is 0 Å². The predicted molar refractivity (Wildman–Crippen MR) is 66.4 cm³/mol. The van der Waals surface area contributed by atoms with Crippen molar-refractivity contribution in [3.63, 3.8) is 0 Å². The number of rotatable bonds is 3. The normalized spacial score (nSPS) is 12.7. The Morgan fingerprint density at radius 1 is 1.26 bits per heavy atom. The van der Waals surface area contributed by atoms with Gasteiger partial charge in [0.1, 0.15) is 19.8 Å². The smallest absolute Gasteiger partial charge is 0.325 e. The van der Waals surface area contributed by atoms with Crippen LogP contribution in [-0.2, 0) is 9.53 Å². The van der Waals surface area contributed by atoms with E-state index in [2.05, 4.69) is 4.74 Å². The number of carbonyl (C=O) groups excluding carboxylic acids is 2. The Labute approximate surface area is 110 Å².